The third-order valence-electron chi connectivity index (χ3n) is 4.24. The van der Waals surface area contributed by atoms with Gasteiger partial charge in [0.1, 0.15) is 25.0 Å². The molecular formula is C19H22ClN2O2+. The quantitative estimate of drug-likeness (QED) is 0.721. The smallest absolute Gasteiger partial charge is 0.244 e. The van der Waals surface area contributed by atoms with Gasteiger partial charge >= 0.3 is 0 Å². The van der Waals surface area contributed by atoms with Crippen molar-refractivity contribution in [2.75, 3.05) is 6.61 Å². The lowest BCUT2D eigenvalue weighted by atomic mass is 10.1. The lowest BCUT2D eigenvalue weighted by Gasteiger charge is -2.11. The zero-order valence-electron chi connectivity index (χ0n) is 14.2. The second-order valence-electron chi connectivity index (χ2n) is 6.23. The number of rotatable bonds is 5. The molecule has 3 rings (SSSR count). The van der Waals surface area contributed by atoms with Gasteiger partial charge in [0.25, 0.3) is 0 Å². The topological polar surface area (TPSA) is 38.3 Å². The maximum absolute atomic E-state index is 10.3. The Hall–Kier alpha value is -2.04. The highest BCUT2D eigenvalue weighted by Gasteiger charge is 2.18. The number of nitrogens with zero attached hydrogens (tertiary/aromatic N) is 2. The Morgan fingerprint density at radius 3 is 2.71 bits per heavy atom. The number of halogens is 1. The minimum absolute atomic E-state index is 0.217. The molecule has 0 saturated carbocycles. The van der Waals surface area contributed by atoms with Crippen LogP contribution in [-0.4, -0.2) is 22.4 Å². The van der Waals surface area contributed by atoms with Crippen molar-refractivity contribution in [2.24, 2.45) is 7.05 Å². The molecule has 1 atom stereocenters. The van der Waals surface area contributed by atoms with E-state index in [2.05, 4.69) is 35.1 Å². The van der Waals surface area contributed by atoms with Crippen molar-refractivity contribution in [1.29, 1.82) is 0 Å². The van der Waals surface area contributed by atoms with Gasteiger partial charge in [-0.2, -0.15) is 0 Å². The minimum atomic E-state index is -0.610. The van der Waals surface area contributed by atoms with Gasteiger partial charge in [-0.1, -0.05) is 17.7 Å². The standard InChI is InChI=1S/C19H22ClN2O2/c1-13-7-18-19(8-14(13)2)22(12-21(18)3)10-16(23)11-24-17-6-4-5-15(20)9-17/h4-9,12,16,23H,10-11H2,1-3H3/q+1/t16-/m0/s1. The molecule has 5 heteroatoms. The van der Waals surface area contributed by atoms with E-state index >= 15 is 0 Å². The molecular weight excluding hydrogens is 324 g/mol. The Balaban J connectivity index is 1.73. The van der Waals surface area contributed by atoms with Crippen molar-refractivity contribution in [3.8, 4) is 5.75 Å². The third-order valence-corrected chi connectivity index (χ3v) is 4.47. The number of hydrogen-bond acceptors (Lipinski definition) is 2. The summed E-state index contributed by atoms with van der Waals surface area (Å²) in [6.07, 6.45) is 1.40. The summed E-state index contributed by atoms with van der Waals surface area (Å²) >= 11 is 5.94. The molecule has 0 radical (unpaired) electrons. The molecule has 0 fully saturated rings. The second kappa shape index (κ2) is 6.83. The highest BCUT2D eigenvalue weighted by Crippen LogP contribution is 2.19. The van der Waals surface area contributed by atoms with Gasteiger partial charge in [-0.3, -0.25) is 0 Å². The summed E-state index contributed by atoms with van der Waals surface area (Å²) in [5, 5.41) is 11.0. The van der Waals surface area contributed by atoms with E-state index in [0.29, 0.717) is 17.3 Å². The molecule has 3 aromatic rings. The lowest BCUT2D eigenvalue weighted by Crippen LogP contribution is -2.27. The van der Waals surface area contributed by atoms with Gasteiger partial charge in [-0.25, -0.2) is 9.13 Å². The molecule has 0 amide bonds. The van der Waals surface area contributed by atoms with Gasteiger partial charge in [0.2, 0.25) is 6.33 Å². The first kappa shape index (κ1) is 16.8. The van der Waals surface area contributed by atoms with Crippen LogP contribution in [0.15, 0.2) is 42.7 Å². The summed E-state index contributed by atoms with van der Waals surface area (Å²) < 4.78 is 9.77. The van der Waals surface area contributed by atoms with E-state index in [1.807, 2.05) is 25.5 Å². The summed E-state index contributed by atoms with van der Waals surface area (Å²) in [5.74, 6) is 0.663. The van der Waals surface area contributed by atoms with Gasteiger partial charge in [-0.15, -0.1) is 0 Å². The van der Waals surface area contributed by atoms with E-state index in [9.17, 15) is 5.11 Å². The molecule has 1 heterocycles. The summed E-state index contributed by atoms with van der Waals surface area (Å²) in [7, 11) is 2.02. The summed E-state index contributed by atoms with van der Waals surface area (Å²) in [5.41, 5.74) is 4.77. The molecule has 0 spiro atoms. The van der Waals surface area contributed by atoms with Crippen LogP contribution in [-0.2, 0) is 13.6 Å². The zero-order chi connectivity index (χ0) is 17.3. The Morgan fingerprint density at radius 1 is 1.21 bits per heavy atom. The van der Waals surface area contributed by atoms with Crippen LogP contribution in [0.5, 0.6) is 5.75 Å². The van der Waals surface area contributed by atoms with Crippen LogP contribution in [0.2, 0.25) is 5.02 Å². The van der Waals surface area contributed by atoms with Crippen LogP contribution < -0.4 is 9.30 Å². The summed E-state index contributed by atoms with van der Waals surface area (Å²) in [6.45, 7) is 4.90. The van der Waals surface area contributed by atoms with Crippen molar-refractivity contribution in [3.05, 3.63) is 58.9 Å². The number of aliphatic hydroxyl groups excluding tert-OH is 1. The second-order valence-corrected chi connectivity index (χ2v) is 6.66. The van der Waals surface area contributed by atoms with Crippen LogP contribution in [0.3, 0.4) is 0 Å². The van der Waals surface area contributed by atoms with Crippen LogP contribution >= 0.6 is 11.6 Å². The normalized spacial score (nSPS) is 12.5. The number of hydrogen-bond donors (Lipinski definition) is 1. The van der Waals surface area contributed by atoms with E-state index in [0.717, 1.165) is 11.0 Å². The van der Waals surface area contributed by atoms with Gasteiger partial charge in [0, 0.05) is 5.02 Å². The van der Waals surface area contributed by atoms with E-state index < -0.39 is 6.10 Å². The third kappa shape index (κ3) is 3.55. The van der Waals surface area contributed by atoms with Crippen molar-refractivity contribution in [3.63, 3.8) is 0 Å². The van der Waals surface area contributed by atoms with Gasteiger partial charge in [0.15, 0.2) is 11.0 Å². The molecule has 0 aliphatic rings. The minimum Gasteiger partial charge on any atom is -0.491 e. The fourth-order valence-corrected chi connectivity index (χ4v) is 2.99. The molecule has 0 saturated heterocycles. The Bertz CT molecular complexity index is 873. The zero-order valence-corrected chi connectivity index (χ0v) is 14.9. The monoisotopic (exact) mass is 345 g/mol. The van der Waals surface area contributed by atoms with Gasteiger partial charge < -0.3 is 9.84 Å². The van der Waals surface area contributed by atoms with Crippen molar-refractivity contribution < 1.29 is 14.4 Å². The van der Waals surface area contributed by atoms with E-state index in [-0.39, 0.29) is 6.61 Å². The molecule has 1 N–H and O–H groups in total. The highest BCUT2D eigenvalue weighted by atomic mass is 35.5. The average molecular weight is 346 g/mol. The fourth-order valence-electron chi connectivity index (χ4n) is 2.81. The first-order valence-corrected chi connectivity index (χ1v) is 8.34. The highest BCUT2D eigenvalue weighted by molar-refractivity contribution is 6.30. The number of ether oxygens (including phenoxy) is 1. The van der Waals surface area contributed by atoms with Crippen LogP contribution in [0, 0.1) is 13.8 Å². The lowest BCUT2D eigenvalue weighted by molar-refractivity contribution is -0.645. The molecule has 2 aromatic carbocycles. The number of fused-ring (bicyclic) bond motifs is 1. The summed E-state index contributed by atoms with van der Waals surface area (Å²) in [6, 6.07) is 11.5. The van der Waals surface area contributed by atoms with Crippen molar-refractivity contribution >= 4 is 22.6 Å². The maximum Gasteiger partial charge on any atom is 0.244 e. The average Bonchev–Trinajstić information content (AvgIpc) is 2.82. The van der Waals surface area contributed by atoms with Crippen LogP contribution in [0.1, 0.15) is 11.1 Å². The number of imidazole rings is 1. The number of aliphatic hydroxyl groups is 1. The Labute approximate surface area is 146 Å². The predicted molar refractivity (Wildman–Crippen MR) is 95.5 cm³/mol. The molecule has 0 bridgehead atoms. The Kier molecular flexibility index (Phi) is 4.78. The molecule has 0 aliphatic heterocycles. The molecule has 0 aliphatic carbocycles. The maximum atomic E-state index is 10.3. The predicted octanol–water partition coefficient (Wildman–Crippen LogP) is 3.18. The molecule has 0 unspecified atom stereocenters. The summed E-state index contributed by atoms with van der Waals surface area (Å²) in [4.78, 5) is 0. The number of benzene rings is 2. The van der Waals surface area contributed by atoms with Crippen LogP contribution in [0.4, 0.5) is 0 Å². The van der Waals surface area contributed by atoms with Gasteiger partial charge in [-0.05, 0) is 55.3 Å². The first-order chi connectivity index (χ1) is 11.4. The Morgan fingerprint density at radius 2 is 1.96 bits per heavy atom. The van der Waals surface area contributed by atoms with E-state index in [1.165, 1.54) is 11.1 Å². The molecule has 4 nitrogen and oxygen atoms in total. The SMILES string of the molecule is Cc1cc2c(cc1C)[n+](C)cn2C[C@H](O)COc1cccc(Cl)c1. The van der Waals surface area contributed by atoms with Gasteiger partial charge in [0.05, 0.1) is 7.05 Å². The first-order valence-electron chi connectivity index (χ1n) is 7.96. The van der Waals surface area contributed by atoms with E-state index in [4.69, 9.17) is 16.3 Å². The fraction of sp³-hybridized carbons (Fsp3) is 0.316. The van der Waals surface area contributed by atoms with Crippen LogP contribution in [0.25, 0.3) is 11.0 Å². The number of aromatic nitrogens is 2. The van der Waals surface area contributed by atoms with E-state index in [1.54, 1.807) is 12.1 Å². The van der Waals surface area contributed by atoms with Crippen molar-refractivity contribution in [1.82, 2.24) is 4.57 Å². The molecule has 24 heavy (non-hydrogen) atoms. The largest absolute Gasteiger partial charge is 0.491 e. The number of aryl methyl sites for hydroxylation is 3. The molecule has 1 aromatic heterocycles. The van der Waals surface area contributed by atoms with Crippen molar-refractivity contribution in [2.45, 2.75) is 26.5 Å². The molecule has 126 valence electrons.